The molecule has 0 unspecified atom stereocenters. The number of carbonyl (C=O) groups is 2. The van der Waals surface area contributed by atoms with Gasteiger partial charge in [0.25, 0.3) is 0 Å². The van der Waals surface area contributed by atoms with Crippen LogP contribution in [0.3, 0.4) is 0 Å². The second-order valence-electron chi connectivity index (χ2n) is 8.48. The van der Waals surface area contributed by atoms with Gasteiger partial charge in [-0.1, -0.05) is 44.2 Å². The third-order valence-electron chi connectivity index (χ3n) is 4.32. The first kappa shape index (κ1) is 20.3. The number of hydrogen-bond donors (Lipinski definition) is 1. The van der Waals surface area contributed by atoms with Crippen LogP contribution in [0.5, 0.6) is 0 Å². The highest BCUT2D eigenvalue weighted by Gasteiger charge is 2.40. The first-order valence-corrected chi connectivity index (χ1v) is 9.38. The molecule has 0 spiro atoms. The minimum atomic E-state index is -0.575. The molecule has 5 heteroatoms. The average molecular weight is 361 g/mol. The smallest absolute Gasteiger partial charge is 0.408 e. The fourth-order valence-corrected chi connectivity index (χ4v) is 3.28. The summed E-state index contributed by atoms with van der Waals surface area (Å²) >= 11 is 0. The molecule has 1 aliphatic heterocycles. The summed E-state index contributed by atoms with van der Waals surface area (Å²) in [5, 5.41) is 2.92. The normalized spacial score (nSPS) is 21.4. The van der Waals surface area contributed by atoms with Crippen molar-refractivity contribution in [1.82, 2.24) is 5.32 Å². The van der Waals surface area contributed by atoms with Crippen molar-refractivity contribution in [3.8, 4) is 0 Å². The summed E-state index contributed by atoms with van der Waals surface area (Å²) in [5.41, 5.74) is 0.505. The lowest BCUT2D eigenvalue weighted by Gasteiger charge is -2.26. The Morgan fingerprint density at radius 3 is 2.50 bits per heavy atom. The Bertz CT molecular complexity index is 606. The molecular weight excluding hydrogens is 330 g/mol. The van der Waals surface area contributed by atoms with Crippen LogP contribution in [0.2, 0.25) is 0 Å². The molecule has 1 fully saturated rings. The van der Waals surface area contributed by atoms with Crippen molar-refractivity contribution >= 4 is 12.1 Å². The van der Waals surface area contributed by atoms with E-state index in [9.17, 15) is 9.59 Å². The Labute approximate surface area is 156 Å². The largest absolute Gasteiger partial charge is 0.460 e. The number of nitrogens with one attached hydrogen (secondary N) is 1. The predicted octanol–water partition coefficient (Wildman–Crippen LogP) is 4.10. The van der Waals surface area contributed by atoms with E-state index in [0.717, 1.165) is 12.0 Å². The minimum absolute atomic E-state index is 0.0984. The molecule has 0 saturated carbocycles. The van der Waals surface area contributed by atoms with Gasteiger partial charge < -0.3 is 14.8 Å². The Hall–Kier alpha value is -2.04. The fraction of sp³-hybridized carbons (Fsp3) is 0.619. The van der Waals surface area contributed by atoms with E-state index in [4.69, 9.17) is 9.47 Å². The maximum Gasteiger partial charge on any atom is 0.408 e. The van der Waals surface area contributed by atoms with Gasteiger partial charge in [0.2, 0.25) is 0 Å². The van der Waals surface area contributed by atoms with Gasteiger partial charge in [-0.15, -0.1) is 0 Å². The quantitative estimate of drug-likeness (QED) is 0.775. The third-order valence-corrected chi connectivity index (χ3v) is 4.32. The van der Waals surface area contributed by atoms with E-state index >= 15 is 0 Å². The monoisotopic (exact) mass is 361 g/mol. The highest BCUT2D eigenvalue weighted by atomic mass is 16.6. The van der Waals surface area contributed by atoms with Crippen LogP contribution in [0.25, 0.3) is 0 Å². The van der Waals surface area contributed by atoms with Crippen LogP contribution < -0.4 is 5.32 Å². The molecule has 3 atom stereocenters. The average Bonchev–Trinajstić information content (AvgIpc) is 2.86. The predicted molar refractivity (Wildman–Crippen MR) is 101 cm³/mol. The second-order valence-corrected chi connectivity index (χ2v) is 8.48. The Morgan fingerprint density at radius 2 is 1.92 bits per heavy atom. The summed E-state index contributed by atoms with van der Waals surface area (Å²) in [6.07, 6.45) is 1.21. The molecule has 0 bridgehead atoms. The van der Waals surface area contributed by atoms with E-state index in [2.05, 4.69) is 19.2 Å². The lowest BCUT2D eigenvalue weighted by atomic mass is 9.91. The molecule has 5 nitrogen and oxygen atoms in total. The molecule has 0 radical (unpaired) electrons. The molecule has 1 aromatic carbocycles. The van der Waals surface area contributed by atoms with Gasteiger partial charge in [-0.2, -0.15) is 0 Å². The van der Waals surface area contributed by atoms with Crippen LogP contribution in [-0.4, -0.2) is 29.8 Å². The van der Waals surface area contributed by atoms with Crippen LogP contribution in [-0.2, 0) is 20.7 Å². The van der Waals surface area contributed by atoms with Gasteiger partial charge in [0.05, 0.1) is 12.0 Å². The Balaban J connectivity index is 2.10. The number of hydrogen-bond acceptors (Lipinski definition) is 4. The van der Waals surface area contributed by atoms with Crippen molar-refractivity contribution in [2.24, 2.45) is 11.8 Å². The zero-order valence-corrected chi connectivity index (χ0v) is 16.5. The maximum absolute atomic E-state index is 12.3. The number of cyclic esters (lactones) is 1. The molecule has 26 heavy (non-hydrogen) atoms. The van der Waals surface area contributed by atoms with E-state index in [1.807, 2.05) is 51.1 Å². The zero-order chi connectivity index (χ0) is 19.3. The molecule has 1 aromatic rings. The van der Waals surface area contributed by atoms with E-state index < -0.39 is 11.7 Å². The molecule has 0 aromatic heterocycles. The molecule has 0 aliphatic carbocycles. The summed E-state index contributed by atoms with van der Waals surface area (Å²) in [6.45, 7) is 9.68. The third kappa shape index (κ3) is 6.36. The van der Waals surface area contributed by atoms with E-state index in [0.29, 0.717) is 18.8 Å². The number of esters is 1. The highest BCUT2D eigenvalue weighted by Crippen LogP contribution is 2.30. The maximum atomic E-state index is 12.3. The lowest BCUT2D eigenvalue weighted by Crippen LogP contribution is -2.46. The Kier molecular flexibility index (Phi) is 6.68. The van der Waals surface area contributed by atoms with Gasteiger partial charge >= 0.3 is 12.1 Å². The first-order chi connectivity index (χ1) is 12.1. The van der Waals surface area contributed by atoms with Crippen LogP contribution in [0, 0.1) is 11.8 Å². The molecule has 1 heterocycles. The van der Waals surface area contributed by atoms with E-state index in [-0.39, 0.29) is 24.0 Å². The molecule has 1 N–H and O–H groups in total. The van der Waals surface area contributed by atoms with Crippen molar-refractivity contribution < 1.29 is 19.1 Å². The summed E-state index contributed by atoms with van der Waals surface area (Å²) in [7, 11) is 0. The van der Waals surface area contributed by atoms with Crippen LogP contribution in [0.15, 0.2) is 30.3 Å². The molecule has 1 saturated heterocycles. The second kappa shape index (κ2) is 8.56. The highest BCUT2D eigenvalue weighted by molar-refractivity contribution is 5.75. The molecule has 1 amide bonds. The molecule has 1 aliphatic rings. The van der Waals surface area contributed by atoms with Gasteiger partial charge in [-0.05, 0) is 51.5 Å². The van der Waals surface area contributed by atoms with E-state index in [1.165, 1.54) is 0 Å². The summed E-state index contributed by atoms with van der Waals surface area (Å²) in [6, 6.07) is 9.57. The van der Waals surface area contributed by atoms with E-state index in [1.54, 1.807) is 0 Å². The molecule has 2 rings (SSSR count). The zero-order valence-electron chi connectivity index (χ0n) is 16.5. The fourth-order valence-electron chi connectivity index (χ4n) is 3.28. The number of amides is 1. The van der Waals surface area contributed by atoms with Crippen molar-refractivity contribution in [3.63, 3.8) is 0 Å². The van der Waals surface area contributed by atoms with Gasteiger partial charge in [0.1, 0.15) is 11.7 Å². The van der Waals surface area contributed by atoms with Crippen molar-refractivity contribution in [1.29, 1.82) is 0 Å². The van der Waals surface area contributed by atoms with Crippen molar-refractivity contribution in [2.45, 2.75) is 71.6 Å². The van der Waals surface area contributed by atoms with Gasteiger partial charge in [-0.3, -0.25) is 4.79 Å². The van der Waals surface area contributed by atoms with Crippen LogP contribution >= 0.6 is 0 Å². The number of alkyl carbamates (subject to hydrolysis) is 1. The number of carbonyl (C=O) groups excluding carboxylic acids is 2. The lowest BCUT2D eigenvalue weighted by molar-refractivity contribution is -0.145. The van der Waals surface area contributed by atoms with Crippen LogP contribution in [0.1, 0.15) is 53.0 Å². The first-order valence-electron chi connectivity index (χ1n) is 9.38. The summed E-state index contributed by atoms with van der Waals surface area (Å²) in [5.74, 6) is 0.171. The standard InChI is InChI=1S/C21H31NO4/c1-14(2)11-16-13-18(25-19(16)23)17(12-15-9-7-6-8-10-15)22-20(24)26-21(3,4)5/h6-10,14,16-18H,11-13H2,1-5H3,(H,22,24)/t16-,17+,18-/m1/s1. The van der Waals surface area contributed by atoms with Crippen molar-refractivity contribution in [3.05, 3.63) is 35.9 Å². The topological polar surface area (TPSA) is 64.6 Å². The van der Waals surface area contributed by atoms with Gasteiger partial charge in [0, 0.05) is 0 Å². The minimum Gasteiger partial charge on any atom is -0.460 e. The van der Waals surface area contributed by atoms with Crippen LogP contribution in [0.4, 0.5) is 4.79 Å². The summed E-state index contributed by atoms with van der Waals surface area (Å²) < 4.78 is 11.0. The van der Waals surface area contributed by atoms with Crippen molar-refractivity contribution in [2.75, 3.05) is 0 Å². The summed E-state index contributed by atoms with van der Waals surface area (Å²) in [4.78, 5) is 24.5. The Morgan fingerprint density at radius 1 is 1.27 bits per heavy atom. The number of ether oxygens (including phenoxy) is 2. The van der Waals surface area contributed by atoms with Gasteiger partial charge in [0.15, 0.2) is 0 Å². The number of benzene rings is 1. The SMILES string of the molecule is CC(C)C[C@@H]1C[C@H]([C@H](Cc2ccccc2)NC(=O)OC(C)(C)C)OC1=O. The number of rotatable bonds is 6. The van der Waals surface area contributed by atoms with Gasteiger partial charge in [-0.25, -0.2) is 4.79 Å². The molecule has 144 valence electrons. The molecular formula is C21H31NO4.